The van der Waals surface area contributed by atoms with Gasteiger partial charge in [-0.3, -0.25) is 4.79 Å². The summed E-state index contributed by atoms with van der Waals surface area (Å²) in [7, 11) is 3.23. The lowest BCUT2D eigenvalue weighted by atomic mass is 10.1. The molecule has 0 aliphatic carbocycles. The van der Waals surface area contributed by atoms with Crippen LogP contribution in [0.5, 0.6) is 11.5 Å². The normalized spacial score (nSPS) is 15.3. The zero-order chi connectivity index (χ0) is 23.8. The lowest BCUT2D eigenvalue weighted by molar-refractivity contribution is -0.118. The van der Waals surface area contributed by atoms with Crippen molar-refractivity contribution in [2.75, 3.05) is 33.1 Å². The highest BCUT2D eigenvalue weighted by Crippen LogP contribution is 2.29. The summed E-state index contributed by atoms with van der Waals surface area (Å²) < 4.78 is 18.7. The molecule has 0 spiro atoms. The van der Waals surface area contributed by atoms with Crippen molar-refractivity contribution < 1.29 is 19.0 Å². The van der Waals surface area contributed by atoms with Crippen molar-refractivity contribution in [3.8, 4) is 22.8 Å². The van der Waals surface area contributed by atoms with Gasteiger partial charge in [-0.2, -0.15) is 0 Å². The van der Waals surface area contributed by atoms with Crippen LogP contribution in [0.4, 0.5) is 0 Å². The lowest BCUT2D eigenvalue weighted by Gasteiger charge is -2.16. The van der Waals surface area contributed by atoms with Crippen molar-refractivity contribution in [3.05, 3.63) is 60.3 Å². The number of carbonyl (C=O) groups excluding carboxylic acids is 1. The minimum Gasteiger partial charge on any atom is -0.493 e. The van der Waals surface area contributed by atoms with Crippen LogP contribution in [0, 0.1) is 0 Å². The number of rotatable bonds is 11. The Labute approximate surface area is 204 Å². The van der Waals surface area contributed by atoms with Crippen LogP contribution in [0.3, 0.4) is 0 Å². The van der Waals surface area contributed by atoms with Crippen LogP contribution < -0.4 is 14.8 Å². The molecule has 180 valence electrons. The number of hydrogen-bond donors (Lipinski definition) is 1. The summed E-state index contributed by atoms with van der Waals surface area (Å²) in [4.78, 5) is 17.2. The van der Waals surface area contributed by atoms with Crippen molar-refractivity contribution in [2.45, 2.75) is 37.1 Å². The summed E-state index contributed by atoms with van der Waals surface area (Å²) in [5.41, 5.74) is 3.23. The second-order valence-corrected chi connectivity index (χ2v) is 9.06. The summed E-state index contributed by atoms with van der Waals surface area (Å²) in [6.45, 7) is 2.10. The molecule has 1 atom stereocenters. The van der Waals surface area contributed by atoms with E-state index in [1.165, 1.54) is 11.8 Å². The zero-order valence-corrected chi connectivity index (χ0v) is 20.5. The Kier molecular flexibility index (Phi) is 8.49. The molecular formula is C26H31N3O4S. The van der Waals surface area contributed by atoms with Crippen LogP contribution in [-0.4, -0.2) is 54.7 Å². The van der Waals surface area contributed by atoms with Gasteiger partial charge in [0.15, 0.2) is 16.7 Å². The van der Waals surface area contributed by atoms with Gasteiger partial charge in [0.2, 0.25) is 5.91 Å². The topological polar surface area (TPSA) is 74.6 Å². The van der Waals surface area contributed by atoms with E-state index in [1.807, 2.05) is 42.6 Å². The third kappa shape index (κ3) is 6.12. The first-order chi connectivity index (χ1) is 16.7. The van der Waals surface area contributed by atoms with E-state index < -0.39 is 0 Å². The summed E-state index contributed by atoms with van der Waals surface area (Å²) in [5, 5.41) is 3.84. The first-order valence-corrected chi connectivity index (χ1v) is 12.5. The predicted octanol–water partition coefficient (Wildman–Crippen LogP) is 4.20. The first kappa shape index (κ1) is 24.2. The average Bonchev–Trinajstić information content (AvgIpc) is 3.53. The average molecular weight is 482 g/mol. The van der Waals surface area contributed by atoms with Crippen molar-refractivity contribution in [3.63, 3.8) is 0 Å². The number of ether oxygens (including phenoxy) is 3. The number of benzene rings is 2. The van der Waals surface area contributed by atoms with Gasteiger partial charge in [0.25, 0.3) is 0 Å². The van der Waals surface area contributed by atoms with Crippen molar-refractivity contribution in [2.24, 2.45) is 0 Å². The molecule has 1 unspecified atom stereocenters. The Morgan fingerprint density at radius 2 is 2.00 bits per heavy atom. The Hall–Kier alpha value is -2.97. The van der Waals surface area contributed by atoms with Gasteiger partial charge >= 0.3 is 0 Å². The maximum atomic E-state index is 12.5. The Morgan fingerprint density at radius 1 is 1.18 bits per heavy atom. The maximum Gasteiger partial charge on any atom is 0.230 e. The van der Waals surface area contributed by atoms with Crippen molar-refractivity contribution in [1.82, 2.24) is 14.9 Å². The van der Waals surface area contributed by atoms with E-state index in [0.717, 1.165) is 48.0 Å². The first-order valence-electron chi connectivity index (χ1n) is 11.5. The van der Waals surface area contributed by atoms with Crippen LogP contribution in [-0.2, 0) is 22.5 Å². The van der Waals surface area contributed by atoms with Crippen LogP contribution in [0.15, 0.2) is 59.9 Å². The lowest BCUT2D eigenvalue weighted by Crippen LogP contribution is -2.27. The van der Waals surface area contributed by atoms with Crippen molar-refractivity contribution in [1.29, 1.82) is 0 Å². The molecule has 7 nitrogen and oxygen atoms in total. The molecule has 0 saturated carbocycles. The second kappa shape index (κ2) is 11.9. The Bertz CT molecular complexity index is 1080. The van der Waals surface area contributed by atoms with E-state index in [9.17, 15) is 4.79 Å². The Balaban J connectivity index is 1.34. The molecule has 1 aliphatic heterocycles. The molecule has 2 aromatic carbocycles. The largest absolute Gasteiger partial charge is 0.493 e. The van der Waals surface area contributed by atoms with Gasteiger partial charge in [-0.15, -0.1) is 0 Å². The minimum absolute atomic E-state index is 0.0154. The molecule has 8 heteroatoms. The fourth-order valence-electron chi connectivity index (χ4n) is 4.05. The highest BCUT2D eigenvalue weighted by Gasteiger charge is 2.21. The third-order valence-electron chi connectivity index (χ3n) is 5.81. The maximum absolute atomic E-state index is 12.5. The molecule has 1 fully saturated rings. The molecule has 3 aromatic rings. The van der Waals surface area contributed by atoms with E-state index in [4.69, 9.17) is 14.2 Å². The predicted molar refractivity (Wildman–Crippen MR) is 134 cm³/mol. The van der Waals surface area contributed by atoms with Crippen molar-refractivity contribution >= 4 is 17.7 Å². The number of carbonyl (C=O) groups is 1. The molecule has 0 radical (unpaired) electrons. The molecule has 2 heterocycles. The molecule has 34 heavy (non-hydrogen) atoms. The van der Waals surface area contributed by atoms with E-state index in [1.54, 1.807) is 14.2 Å². The van der Waals surface area contributed by atoms with Gasteiger partial charge in [-0.25, -0.2) is 4.98 Å². The number of nitrogens with zero attached hydrogens (tertiary/aromatic N) is 2. The molecular weight excluding hydrogens is 450 g/mol. The monoisotopic (exact) mass is 481 g/mol. The standard InChI is InChI=1S/C26H31N3O4S/c1-31-23-11-10-19(15-24(23)32-2)12-13-27-25(30)18-34-26-28-16-22(20-7-4-3-5-8-20)29(26)17-21-9-6-14-33-21/h3-5,7-8,10-11,15-16,21H,6,9,12-14,17-18H2,1-2H3,(H,27,30). The van der Waals surface area contributed by atoms with Gasteiger partial charge in [-0.05, 0) is 42.5 Å². The van der Waals surface area contributed by atoms with Gasteiger partial charge < -0.3 is 24.1 Å². The fraction of sp³-hybridized carbons (Fsp3) is 0.385. The minimum atomic E-state index is -0.0154. The molecule has 1 saturated heterocycles. The van der Waals surface area contributed by atoms with Gasteiger partial charge in [0.05, 0.1) is 44.5 Å². The highest BCUT2D eigenvalue weighted by atomic mass is 32.2. The Morgan fingerprint density at radius 3 is 2.74 bits per heavy atom. The van der Waals surface area contributed by atoms with E-state index in [-0.39, 0.29) is 12.0 Å². The number of thioether (sulfide) groups is 1. The number of amides is 1. The summed E-state index contributed by atoms with van der Waals surface area (Å²) in [6.07, 6.45) is 4.92. The van der Waals surface area contributed by atoms with Crippen LogP contribution in [0.1, 0.15) is 18.4 Å². The molecule has 1 N–H and O–H groups in total. The molecule has 1 aliphatic rings. The van der Waals surface area contributed by atoms with Crippen LogP contribution in [0.25, 0.3) is 11.3 Å². The smallest absolute Gasteiger partial charge is 0.230 e. The summed E-state index contributed by atoms with van der Waals surface area (Å²) >= 11 is 1.46. The molecule has 1 amide bonds. The van der Waals surface area contributed by atoms with Gasteiger partial charge in [0.1, 0.15) is 0 Å². The quantitative estimate of drug-likeness (QED) is 0.414. The number of nitrogens with one attached hydrogen (secondary N) is 1. The molecule has 1 aromatic heterocycles. The fourth-order valence-corrected chi connectivity index (χ4v) is 4.86. The highest BCUT2D eigenvalue weighted by molar-refractivity contribution is 7.99. The van der Waals surface area contributed by atoms with E-state index >= 15 is 0 Å². The second-order valence-electron chi connectivity index (χ2n) is 8.12. The molecule has 4 rings (SSSR count). The van der Waals surface area contributed by atoms with Gasteiger partial charge in [0, 0.05) is 13.2 Å². The number of hydrogen-bond acceptors (Lipinski definition) is 6. The number of imidazole rings is 1. The summed E-state index contributed by atoms with van der Waals surface area (Å²) in [5.74, 6) is 1.68. The SMILES string of the molecule is COc1ccc(CCNC(=O)CSc2ncc(-c3ccccc3)n2CC2CCCO2)cc1OC. The van der Waals surface area contributed by atoms with E-state index in [2.05, 4.69) is 27.0 Å². The van der Waals surface area contributed by atoms with E-state index in [0.29, 0.717) is 30.2 Å². The zero-order valence-electron chi connectivity index (χ0n) is 19.7. The number of methoxy groups -OCH3 is 2. The molecule has 0 bridgehead atoms. The third-order valence-corrected chi connectivity index (χ3v) is 6.81. The van der Waals surface area contributed by atoms with Gasteiger partial charge in [-0.1, -0.05) is 48.2 Å². The van der Waals surface area contributed by atoms with Crippen LogP contribution >= 0.6 is 11.8 Å². The van der Waals surface area contributed by atoms with Crippen LogP contribution in [0.2, 0.25) is 0 Å². The summed E-state index contributed by atoms with van der Waals surface area (Å²) in [6, 6.07) is 16.0. The number of aromatic nitrogens is 2.